The van der Waals surface area contributed by atoms with E-state index in [1.807, 2.05) is 0 Å². The summed E-state index contributed by atoms with van der Waals surface area (Å²) in [5.41, 5.74) is -0.689. The van der Waals surface area contributed by atoms with E-state index in [9.17, 15) is 22.8 Å². The molecule has 0 radical (unpaired) electrons. The van der Waals surface area contributed by atoms with Gasteiger partial charge in [-0.25, -0.2) is 0 Å². The first-order chi connectivity index (χ1) is 9.74. The molecule has 1 aromatic rings. The highest BCUT2D eigenvalue weighted by molar-refractivity contribution is 9.10. The summed E-state index contributed by atoms with van der Waals surface area (Å²) >= 11 is 2.84. The number of alkyl halides is 3. The molecule has 2 rings (SSSR count). The summed E-state index contributed by atoms with van der Waals surface area (Å²) in [5.74, 6) is -0.743. The van der Waals surface area contributed by atoms with Gasteiger partial charge in [0.05, 0.1) is 12.0 Å². The van der Waals surface area contributed by atoms with Crippen LogP contribution in [0.2, 0.25) is 0 Å². The topological polar surface area (TPSA) is 49.4 Å². The van der Waals surface area contributed by atoms with Gasteiger partial charge in [0, 0.05) is 16.7 Å². The second-order valence-corrected chi connectivity index (χ2v) is 5.42. The van der Waals surface area contributed by atoms with Crippen LogP contribution in [0.1, 0.15) is 18.9 Å². The van der Waals surface area contributed by atoms with Gasteiger partial charge in [0.15, 0.2) is 0 Å². The number of nitrogens with zero attached hydrogens (tertiary/aromatic N) is 1. The van der Waals surface area contributed by atoms with Crippen molar-refractivity contribution in [3.63, 3.8) is 0 Å². The van der Waals surface area contributed by atoms with Crippen molar-refractivity contribution >= 4 is 33.4 Å². The second-order valence-electron chi connectivity index (χ2n) is 4.57. The number of nitrogens with one attached hydrogen (secondary N) is 1. The van der Waals surface area contributed by atoms with E-state index in [2.05, 4.69) is 21.2 Å². The summed E-state index contributed by atoms with van der Waals surface area (Å²) in [6.07, 6.45) is -4.55. The highest BCUT2D eigenvalue weighted by Gasteiger charge is 2.38. The molecule has 1 unspecified atom stereocenters. The molecular formula is C13H12BrF3N2O2. The molecule has 0 bridgehead atoms. The van der Waals surface area contributed by atoms with Gasteiger partial charge in [0.2, 0.25) is 5.91 Å². The van der Waals surface area contributed by atoms with Crippen molar-refractivity contribution in [1.29, 1.82) is 0 Å². The number of anilines is 1. The lowest BCUT2D eigenvalue weighted by Gasteiger charge is -2.16. The molecule has 0 saturated carbocycles. The van der Waals surface area contributed by atoms with Crippen LogP contribution in [0, 0.1) is 0 Å². The average Bonchev–Trinajstić information content (AvgIpc) is 2.65. The maximum Gasteiger partial charge on any atom is 0.417 e. The third kappa shape index (κ3) is 3.20. The molecule has 2 amide bonds. The molecule has 0 aliphatic carbocycles. The average molecular weight is 365 g/mol. The minimum Gasteiger partial charge on any atom is -0.373 e. The summed E-state index contributed by atoms with van der Waals surface area (Å²) in [5, 5.41) is 2.69. The maximum atomic E-state index is 12.8. The van der Waals surface area contributed by atoms with E-state index in [0.29, 0.717) is 0 Å². The lowest BCUT2D eigenvalue weighted by atomic mass is 10.1. The van der Waals surface area contributed by atoms with Crippen molar-refractivity contribution in [2.45, 2.75) is 25.6 Å². The molecule has 1 atom stereocenters. The molecule has 21 heavy (non-hydrogen) atoms. The Bertz CT molecular complexity index is 589. The molecule has 1 N–H and O–H groups in total. The van der Waals surface area contributed by atoms with Gasteiger partial charge in [-0.05, 0) is 25.1 Å². The number of halogens is 4. The summed E-state index contributed by atoms with van der Waals surface area (Å²) in [4.78, 5) is 24.6. The van der Waals surface area contributed by atoms with Crippen LogP contribution >= 0.6 is 15.9 Å². The van der Waals surface area contributed by atoms with Gasteiger partial charge in [-0.15, -0.1) is 0 Å². The number of hydrogen-bond acceptors (Lipinski definition) is 3. The molecule has 1 aromatic carbocycles. The highest BCUT2D eigenvalue weighted by Crippen LogP contribution is 2.36. The Balaban J connectivity index is 2.22. The van der Waals surface area contributed by atoms with Crippen LogP contribution in [0.3, 0.4) is 0 Å². The normalized spacial score (nSPS) is 19.3. The zero-order chi connectivity index (χ0) is 15.8. The SMILES string of the molecule is CCN1C(=O)CC(Nc2ccc(Br)c(C(F)(F)F)c2)C1=O. The predicted octanol–water partition coefficient (Wildman–Crippen LogP) is 3.03. The van der Waals surface area contributed by atoms with Crippen LogP contribution in [-0.2, 0) is 15.8 Å². The standard InChI is InChI=1S/C13H12BrF3N2O2/c1-2-19-11(20)6-10(12(19)21)18-7-3-4-9(14)8(5-7)13(15,16)17/h3-5,10,18H,2,6H2,1H3. The second kappa shape index (κ2) is 5.67. The number of carbonyl (C=O) groups excluding carboxylic acids is 2. The highest BCUT2D eigenvalue weighted by atomic mass is 79.9. The van der Waals surface area contributed by atoms with E-state index >= 15 is 0 Å². The lowest BCUT2D eigenvalue weighted by molar-refractivity contribution is -0.139. The van der Waals surface area contributed by atoms with Crippen LogP contribution < -0.4 is 5.32 Å². The molecule has 1 saturated heterocycles. The minimum absolute atomic E-state index is 0.0515. The van der Waals surface area contributed by atoms with Crippen LogP contribution in [0.25, 0.3) is 0 Å². The zero-order valence-electron chi connectivity index (χ0n) is 11.0. The van der Waals surface area contributed by atoms with Gasteiger partial charge in [0.1, 0.15) is 6.04 Å². The van der Waals surface area contributed by atoms with E-state index in [1.54, 1.807) is 6.92 Å². The van der Waals surface area contributed by atoms with Crippen molar-refractivity contribution in [2.24, 2.45) is 0 Å². The number of likely N-dealkylation sites (tertiary alicyclic amines) is 1. The van der Waals surface area contributed by atoms with Gasteiger partial charge >= 0.3 is 6.18 Å². The van der Waals surface area contributed by atoms with Crippen molar-refractivity contribution in [2.75, 3.05) is 11.9 Å². The Morgan fingerprint density at radius 3 is 2.57 bits per heavy atom. The van der Waals surface area contributed by atoms with Gasteiger partial charge < -0.3 is 5.32 Å². The Labute approximate surface area is 127 Å². The van der Waals surface area contributed by atoms with Crippen LogP contribution in [0.15, 0.2) is 22.7 Å². The summed E-state index contributed by atoms with van der Waals surface area (Å²) in [6.45, 7) is 1.92. The monoisotopic (exact) mass is 364 g/mol. The summed E-state index contributed by atoms with van der Waals surface area (Å²) < 4.78 is 38.4. The fraction of sp³-hybridized carbons (Fsp3) is 0.385. The number of hydrogen-bond donors (Lipinski definition) is 1. The van der Waals surface area contributed by atoms with Gasteiger partial charge in [-0.3, -0.25) is 14.5 Å². The first-order valence-corrected chi connectivity index (χ1v) is 7.00. The van der Waals surface area contributed by atoms with Crippen molar-refractivity contribution < 1.29 is 22.8 Å². The predicted molar refractivity (Wildman–Crippen MR) is 73.6 cm³/mol. The largest absolute Gasteiger partial charge is 0.417 e. The quantitative estimate of drug-likeness (QED) is 0.838. The lowest BCUT2D eigenvalue weighted by Crippen LogP contribution is -2.34. The van der Waals surface area contributed by atoms with Gasteiger partial charge in [0.25, 0.3) is 5.91 Å². The van der Waals surface area contributed by atoms with E-state index in [1.165, 1.54) is 12.1 Å². The molecule has 8 heteroatoms. The Hall–Kier alpha value is -1.57. The zero-order valence-corrected chi connectivity index (χ0v) is 12.6. The number of likely N-dealkylation sites (N-methyl/N-ethyl adjacent to an activating group) is 1. The van der Waals surface area contributed by atoms with Gasteiger partial charge in [-0.2, -0.15) is 13.2 Å². The molecular weight excluding hydrogens is 353 g/mol. The molecule has 1 aliphatic rings. The molecule has 1 fully saturated rings. The van der Waals surface area contributed by atoms with Crippen molar-refractivity contribution in [3.8, 4) is 0 Å². The maximum absolute atomic E-state index is 12.8. The number of rotatable bonds is 3. The molecule has 1 heterocycles. The van der Waals surface area contributed by atoms with E-state index in [0.717, 1.165) is 11.0 Å². The summed E-state index contributed by atoms with van der Waals surface area (Å²) in [7, 11) is 0. The first-order valence-electron chi connectivity index (χ1n) is 6.21. The van der Waals surface area contributed by atoms with E-state index in [-0.39, 0.29) is 29.0 Å². The van der Waals surface area contributed by atoms with Crippen LogP contribution in [0.4, 0.5) is 18.9 Å². The molecule has 0 spiro atoms. The third-order valence-electron chi connectivity index (χ3n) is 3.17. The Morgan fingerprint density at radius 1 is 1.38 bits per heavy atom. The van der Waals surface area contributed by atoms with Crippen molar-refractivity contribution in [3.05, 3.63) is 28.2 Å². The smallest absolute Gasteiger partial charge is 0.373 e. The first kappa shape index (κ1) is 15.8. The molecule has 114 valence electrons. The fourth-order valence-corrected chi connectivity index (χ4v) is 2.63. The molecule has 4 nitrogen and oxygen atoms in total. The third-order valence-corrected chi connectivity index (χ3v) is 3.86. The van der Waals surface area contributed by atoms with Gasteiger partial charge in [-0.1, -0.05) is 15.9 Å². The van der Waals surface area contributed by atoms with E-state index < -0.39 is 23.7 Å². The number of amides is 2. The molecule has 1 aliphatic heterocycles. The number of carbonyl (C=O) groups is 2. The number of benzene rings is 1. The van der Waals surface area contributed by atoms with E-state index in [4.69, 9.17) is 0 Å². The fourth-order valence-electron chi connectivity index (χ4n) is 2.16. The summed E-state index contributed by atoms with van der Waals surface area (Å²) in [6, 6.07) is 2.77. The Morgan fingerprint density at radius 2 is 2.05 bits per heavy atom. The van der Waals surface area contributed by atoms with Crippen LogP contribution in [0.5, 0.6) is 0 Å². The van der Waals surface area contributed by atoms with Crippen molar-refractivity contribution in [1.82, 2.24) is 4.90 Å². The Kier molecular flexibility index (Phi) is 4.27. The molecule has 0 aromatic heterocycles. The van der Waals surface area contributed by atoms with Crippen LogP contribution in [-0.4, -0.2) is 29.3 Å². The number of imide groups is 1. The minimum atomic E-state index is -4.50.